The Kier molecular flexibility index (Phi) is 8.14. The number of rotatable bonds is 9. The smallest absolute Gasteiger partial charge is 0.414 e. The first-order valence-electron chi connectivity index (χ1n) is 8.75. The third-order valence-electron chi connectivity index (χ3n) is 4.26. The van der Waals surface area contributed by atoms with Gasteiger partial charge in [0.05, 0.1) is 0 Å². The van der Waals surface area contributed by atoms with Crippen LogP contribution in [0.15, 0.2) is 12.1 Å². The van der Waals surface area contributed by atoms with Gasteiger partial charge in [-0.2, -0.15) is 26.3 Å². The van der Waals surface area contributed by atoms with Crippen molar-refractivity contribution in [1.82, 2.24) is 0 Å². The molecule has 0 saturated heterocycles. The zero-order valence-electron chi connectivity index (χ0n) is 16.7. The highest BCUT2D eigenvalue weighted by molar-refractivity contribution is 7.96. The fourth-order valence-corrected chi connectivity index (χ4v) is 3.44. The van der Waals surface area contributed by atoms with Crippen molar-refractivity contribution >= 4 is 23.1 Å². The zero-order valence-corrected chi connectivity index (χ0v) is 18.4. The predicted octanol–water partition coefficient (Wildman–Crippen LogP) is 7.13. The lowest BCUT2D eigenvalue weighted by atomic mass is 9.88. The molecule has 168 valence electrons. The SMILES string of the molecule is CC(C)c1cc(C(C)C)c(OSC(F)(F)C(F)(F)C(F)(F)S(=O)O)c(C(C)C)c1. The molecule has 0 amide bonds. The standard InChI is InChI=1S/C18H24F6O3S2/c1-9(2)12-7-13(10(3)4)15(14(8-12)11(5)6)27-28-17(21,22)16(19,20)18(23,24)29(25)26/h7-11H,1-6H3,(H,25,26). The van der Waals surface area contributed by atoms with Crippen LogP contribution >= 0.6 is 12.0 Å². The molecule has 1 aromatic carbocycles. The molecule has 0 saturated carbocycles. The second-order valence-corrected chi connectivity index (χ2v) is 9.37. The normalized spacial score (nSPS) is 14.8. The van der Waals surface area contributed by atoms with Crippen LogP contribution in [0.5, 0.6) is 5.75 Å². The fourth-order valence-electron chi connectivity index (χ4n) is 2.41. The van der Waals surface area contributed by atoms with Crippen LogP contribution in [-0.4, -0.2) is 25.2 Å². The quantitative estimate of drug-likeness (QED) is 0.239. The molecule has 1 atom stereocenters. The van der Waals surface area contributed by atoms with Crippen molar-refractivity contribution in [2.75, 3.05) is 0 Å². The molecule has 1 aromatic rings. The summed E-state index contributed by atoms with van der Waals surface area (Å²) >= 11 is -5.65. The minimum Gasteiger partial charge on any atom is -0.419 e. The van der Waals surface area contributed by atoms with Gasteiger partial charge in [0, 0.05) is 0 Å². The van der Waals surface area contributed by atoms with Crippen LogP contribution in [0.3, 0.4) is 0 Å². The molecular weight excluding hydrogens is 442 g/mol. The monoisotopic (exact) mass is 466 g/mol. The molecule has 29 heavy (non-hydrogen) atoms. The molecule has 1 N–H and O–H groups in total. The van der Waals surface area contributed by atoms with Gasteiger partial charge < -0.3 is 8.74 Å². The molecule has 0 aliphatic rings. The number of halogens is 6. The number of hydrogen-bond donors (Lipinski definition) is 1. The molecule has 3 nitrogen and oxygen atoms in total. The summed E-state index contributed by atoms with van der Waals surface area (Å²) in [6, 6.07) is 3.40. The third-order valence-corrected chi connectivity index (χ3v) is 5.67. The molecule has 0 aromatic heterocycles. The van der Waals surface area contributed by atoms with E-state index in [4.69, 9.17) is 8.74 Å². The topological polar surface area (TPSA) is 46.5 Å². The Balaban J connectivity index is 3.41. The summed E-state index contributed by atoms with van der Waals surface area (Å²) in [4.78, 5) is 0. The Labute approximate surface area is 173 Å². The highest BCUT2D eigenvalue weighted by Crippen LogP contribution is 2.53. The average molecular weight is 467 g/mol. The Bertz CT molecular complexity index is 722. The van der Waals surface area contributed by atoms with Crippen molar-refractivity contribution in [3.05, 3.63) is 28.8 Å². The summed E-state index contributed by atoms with van der Waals surface area (Å²) in [5, 5.41) is -11.3. The number of hydrogen-bond acceptors (Lipinski definition) is 3. The molecule has 0 spiro atoms. The Morgan fingerprint density at radius 3 is 1.62 bits per heavy atom. The van der Waals surface area contributed by atoms with E-state index >= 15 is 0 Å². The summed E-state index contributed by atoms with van der Waals surface area (Å²) < 4.78 is 106. The molecule has 0 radical (unpaired) electrons. The second-order valence-electron chi connectivity index (χ2n) is 7.52. The highest BCUT2D eigenvalue weighted by atomic mass is 32.2. The molecule has 0 aliphatic carbocycles. The zero-order chi connectivity index (χ0) is 22.9. The van der Waals surface area contributed by atoms with Gasteiger partial charge in [0.1, 0.15) is 17.8 Å². The summed E-state index contributed by atoms with van der Waals surface area (Å²) in [6.07, 6.45) is 0. The van der Waals surface area contributed by atoms with Crippen molar-refractivity contribution in [3.8, 4) is 5.75 Å². The Hall–Kier alpha value is -0.940. The van der Waals surface area contributed by atoms with E-state index < -0.39 is 39.6 Å². The van der Waals surface area contributed by atoms with E-state index in [9.17, 15) is 30.6 Å². The highest BCUT2D eigenvalue weighted by Gasteiger charge is 2.76. The number of alkyl halides is 6. The lowest BCUT2D eigenvalue weighted by Gasteiger charge is -2.30. The van der Waals surface area contributed by atoms with Crippen LogP contribution < -0.4 is 4.18 Å². The van der Waals surface area contributed by atoms with E-state index in [1.54, 1.807) is 39.8 Å². The van der Waals surface area contributed by atoms with Crippen molar-refractivity contribution in [2.45, 2.75) is 75.7 Å². The molecule has 0 fully saturated rings. The third kappa shape index (κ3) is 5.22. The second kappa shape index (κ2) is 9.05. The lowest BCUT2D eigenvalue weighted by Crippen LogP contribution is -2.54. The van der Waals surface area contributed by atoms with Gasteiger partial charge in [0.15, 0.2) is 0 Å². The first-order valence-corrected chi connectivity index (χ1v) is 10.6. The average Bonchev–Trinajstić information content (AvgIpc) is 2.58. The molecular formula is C18H24F6O3S2. The minimum atomic E-state index is -6.13. The van der Waals surface area contributed by atoms with Gasteiger partial charge in [-0.1, -0.05) is 53.7 Å². The van der Waals surface area contributed by atoms with Gasteiger partial charge in [0.2, 0.25) is 11.1 Å². The van der Waals surface area contributed by atoms with Crippen molar-refractivity contribution in [2.24, 2.45) is 0 Å². The van der Waals surface area contributed by atoms with E-state index in [-0.39, 0.29) is 23.5 Å². The van der Waals surface area contributed by atoms with Gasteiger partial charge in [-0.15, -0.1) is 0 Å². The van der Waals surface area contributed by atoms with Gasteiger partial charge in [-0.3, -0.25) is 0 Å². The summed E-state index contributed by atoms with van der Waals surface area (Å²) in [5.41, 5.74) is 1.81. The molecule has 1 unspecified atom stereocenters. The maximum Gasteiger partial charge on any atom is 0.414 e. The van der Waals surface area contributed by atoms with Crippen LogP contribution in [0.4, 0.5) is 26.3 Å². The van der Waals surface area contributed by atoms with E-state index in [0.717, 1.165) is 5.56 Å². The van der Waals surface area contributed by atoms with Gasteiger partial charge >= 0.3 is 16.4 Å². The molecule has 1 rings (SSSR count). The van der Waals surface area contributed by atoms with Crippen LogP contribution in [0, 0.1) is 0 Å². The van der Waals surface area contributed by atoms with E-state index in [1.165, 1.54) is 0 Å². The first-order chi connectivity index (χ1) is 13.0. The van der Waals surface area contributed by atoms with Crippen molar-refractivity contribution in [1.29, 1.82) is 0 Å². The van der Waals surface area contributed by atoms with E-state index in [0.29, 0.717) is 11.1 Å². The summed E-state index contributed by atoms with van der Waals surface area (Å²) in [5.74, 6) is -6.60. The first kappa shape index (κ1) is 26.1. The Morgan fingerprint density at radius 2 is 1.31 bits per heavy atom. The van der Waals surface area contributed by atoms with Gasteiger partial charge in [0.25, 0.3) is 0 Å². The molecule has 0 aliphatic heterocycles. The van der Waals surface area contributed by atoms with Crippen LogP contribution in [-0.2, 0) is 11.1 Å². The van der Waals surface area contributed by atoms with Crippen LogP contribution in [0.2, 0.25) is 0 Å². The van der Waals surface area contributed by atoms with E-state index in [2.05, 4.69) is 0 Å². The van der Waals surface area contributed by atoms with Crippen LogP contribution in [0.25, 0.3) is 0 Å². The van der Waals surface area contributed by atoms with Gasteiger partial charge in [-0.05, 0) is 34.4 Å². The molecule has 11 heteroatoms. The maximum absolute atomic E-state index is 14.0. The minimum absolute atomic E-state index is 0.0932. The fraction of sp³-hybridized carbons (Fsp3) is 0.667. The van der Waals surface area contributed by atoms with Gasteiger partial charge in [-0.25, -0.2) is 4.21 Å². The molecule has 0 bridgehead atoms. The molecule has 0 heterocycles. The summed E-state index contributed by atoms with van der Waals surface area (Å²) in [6.45, 7) is 10.8. The number of benzene rings is 1. The largest absolute Gasteiger partial charge is 0.419 e. The maximum atomic E-state index is 14.0. The van der Waals surface area contributed by atoms with Crippen molar-refractivity contribution < 1.29 is 39.3 Å². The summed E-state index contributed by atoms with van der Waals surface area (Å²) in [7, 11) is 0. The van der Waals surface area contributed by atoms with Crippen molar-refractivity contribution in [3.63, 3.8) is 0 Å². The lowest BCUT2D eigenvalue weighted by molar-refractivity contribution is -0.241. The Morgan fingerprint density at radius 1 is 0.897 bits per heavy atom. The van der Waals surface area contributed by atoms with E-state index in [1.807, 2.05) is 13.8 Å². The predicted molar refractivity (Wildman–Crippen MR) is 103 cm³/mol. The van der Waals surface area contributed by atoms with Crippen LogP contribution in [0.1, 0.15) is 76.0 Å².